The van der Waals surface area contributed by atoms with Crippen molar-refractivity contribution in [2.75, 3.05) is 18.9 Å². The van der Waals surface area contributed by atoms with Crippen LogP contribution in [0.3, 0.4) is 0 Å². The number of carboxylic acids is 1. The molecule has 0 saturated carbocycles. The van der Waals surface area contributed by atoms with Crippen LogP contribution in [0.4, 0.5) is 5.82 Å². The van der Waals surface area contributed by atoms with Gasteiger partial charge >= 0.3 is 5.97 Å². The Morgan fingerprint density at radius 1 is 1.38 bits per heavy atom. The van der Waals surface area contributed by atoms with Crippen molar-refractivity contribution in [2.24, 2.45) is 11.0 Å². The van der Waals surface area contributed by atoms with E-state index in [0.717, 1.165) is 0 Å². The molecule has 1 aliphatic heterocycles. The first kappa shape index (κ1) is 22.1. The summed E-state index contributed by atoms with van der Waals surface area (Å²) in [6.45, 7) is -0.954. The van der Waals surface area contributed by atoms with Crippen molar-refractivity contribution in [2.45, 2.75) is 30.6 Å². The number of hydrogen-bond donors (Lipinski definition) is 7. The summed E-state index contributed by atoms with van der Waals surface area (Å²) in [6, 6.07) is -1.33. The van der Waals surface area contributed by atoms with E-state index in [0.29, 0.717) is 11.2 Å². The van der Waals surface area contributed by atoms with E-state index in [4.69, 9.17) is 31.6 Å². The van der Waals surface area contributed by atoms with Crippen molar-refractivity contribution < 1.29 is 40.0 Å². The van der Waals surface area contributed by atoms with Crippen LogP contribution in [0.15, 0.2) is 17.9 Å². The van der Waals surface area contributed by atoms with Gasteiger partial charge in [-0.25, -0.2) is 15.0 Å². The standard InChI is InChI=1S/C10H13N5O4.C3H7N3O4/c11-8-5-9(13-2-12-8)15(3-14-5)10-7(18)6(17)4(1-16)19-10;4-2(3(7)8)1-6(10)5-9/h2-4,6-7,10,16-18H,1H2,(H2,11,12,13);2,9H,1,4H2,(H,7,8)/t4-,6-,7-,10-;2-/m10/s1. The summed E-state index contributed by atoms with van der Waals surface area (Å²) in [5.74, 6) is -1.10. The van der Waals surface area contributed by atoms with E-state index in [1.165, 1.54) is 17.2 Å². The molecule has 0 unspecified atom stereocenters. The van der Waals surface area contributed by atoms with Gasteiger partial charge in [0.05, 0.1) is 12.9 Å². The SMILES string of the molecule is N[C@@H](C[N+]([O-])=NO)C(=O)O.Nc1ncnc2c1ncn2[C@@H]1O[C@H](CO)[C@@H](O)[C@H]1O. The molecule has 0 bridgehead atoms. The van der Waals surface area contributed by atoms with E-state index in [9.17, 15) is 20.2 Å². The van der Waals surface area contributed by atoms with Crippen LogP contribution in [-0.2, 0) is 9.53 Å². The van der Waals surface area contributed by atoms with E-state index in [2.05, 4.69) is 20.2 Å². The van der Waals surface area contributed by atoms with E-state index in [-0.39, 0.29) is 10.7 Å². The number of ether oxygens (including phenoxy) is 1. The third-order valence-corrected chi connectivity index (χ3v) is 3.95. The summed E-state index contributed by atoms with van der Waals surface area (Å²) in [4.78, 5) is 21.6. The number of nitrogen functional groups attached to an aromatic ring is 1. The third-order valence-electron chi connectivity index (χ3n) is 3.95. The lowest BCUT2D eigenvalue weighted by Crippen LogP contribution is -2.37. The molecule has 1 fully saturated rings. The van der Waals surface area contributed by atoms with Gasteiger partial charge in [0.25, 0.3) is 0 Å². The number of hydrogen-bond acceptors (Lipinski definition) is 12. The number of hydroxylamine groups is 1. The molecular weight excluding hydrogens is 396 g/mol. The second-order valence-electron chi connectivity index (χ2n) is 5.88. The molecular formula is C13H20N8O8. The normalized spacial score (nSPS) is 25.4. The Labute approximate surface area is 161 Å². The van der Waals surface area contributed by atoms with Gasteiger partial charge < -0.3 is 47.0 Å². The fourth-order valence-corrected chi connectivity index (χ4v) is 2.45. The summed E-state index contributed by atoms with van der Waals surface area (Å²) in [7, 11) is 0. The largest absolute Gasteiger partial charge is 0.597 e. The van der Waals surface area contributed by atoms with Gasteiger partial charge in [0.2, 0.25) is 6.54 Å². The van der Waals surface area contributed by atoms with E-state index >= 15 is 0 Å². The van der Waals surface area contributed by atoms with Gasteiger partial charge in [-0.3, -0.25) is 9.36 Å². The molecule has 3 rings (SSSR count). The lowest BCUT2D eigenvalue weighted by atomic mass is 10.1. The summed E-state index contributed by atoms with van der Waals surface area (Å²) in [5, 5.41) is 56.8. The minimum absolute atomic E-state index is 0.210. The first-order chi connectivity index (χ1) is 13.7. The van der Waals surface area contributed by atoms with Crippen molar-refractivity contribution in [3.8, 4) is 0 Å². The zero-order valence-corrected chi connectivity index (χ0v) is 14.8. The number of rotatable bonds is 5. The van der Waals surface area contributed by atoms with Crippen LogP contribution in [0, 0.1) is 5.21 Å². The Bertz CT molecular complexity index is 876. The van der Waals surface area contributed by atoms with Crippen LogP contribution in [-0.4, -0.2) is 93.5 Å². The second-order valence-corrected chi connectivity index (χ2v) is 5.88. The zero-order valence-electron chi connectivity index (χ0n) is 14.8. The van der Waals surface area contributed by atoms with Gasteiger partial charge in [0, 0.05) is 0 Å². The monoisotopic (exact) mass is 416 g/mol. The molecule has 29 heavy (non-hydrogen) atoms. The number of nitrogens with zero attached hydrogens (tertiary/aromatic N) is 6. The van der Waals surface area contributed by atoms with E-state index < -0.39 is 49.7 Å². The Morgan fingerprint density at radius 2 is 2.07 bits per heavy atom. The van der Waals surface area contributed by atoms with Crippen LogP contribution >= 0.6 is 0 Å². The minimum atomic E-state index is -1.33. The van der Waals surface area contributed by atoms with E-state index in [1.54, 1.807) is 0 Å². The van der Waals surface area contributed by atoms with E-state index in [1.807, 2.05) is 0 Å². The smallest absolute Gasteiger partial charge is 0.327 e. The number of aliphatic hydroxyl groups excluding tert-OH is 3. The van der Waals surface area contributed by atoms with Crippen LogP contribution in [0.2, 0.25) is 0 Å². The minimum Gasteiger partial charge on any atom is -0.597 e. The predicted molar refractivity (Wildman–Crippen MR) is 91.1 cm³/mol. The fourth-order valence-electron chi connectivity index (χ4n) is 2.45. The number of nitrogens with two attached hydrogens (primary N) is 2. The van der Waals surface area contributed by atoms with Crippen molar-refractivity contribution in [1.82, 2.24) is 19.5 Å². The van der Waals surface area contributed by atoms with Crippen LogP contribution in [0.25, 0.3) is 11.2 Å². The van der Waals surface area contributed by atoms with Crippen molar-refractivity contribution >= 4 is 23.0 Å². The van der Waals surface area contributed by atoms with Crippen LogP contribution in [0.5, 0.6) is 0 Å². The number of carboxylic acid groups (broad SMARTS) is 1. The summed E-state index contributed by atoms with van der Waals surface area (Å²) < 4.78 is 6.85. The van der Waals surface area contributed by atoms with Crippen molar-refractivity contribution in [3.63, 3.8) is 0 Å². The highest BCUT2D eigenvalue weighted by molar-refractivity contribution is 5.81. The highest BCUT2D eigenvalue weighted by Crippen LogP contribution is 2.31. The quantitative estimate of drug-likeness (QED) is 0.144. The molecule has 9 N–H and O–H groups in total. The molecule has 1 aliphatic rings. The predicted octanol–water partition coefficient (Wildman–Crippen LogP) is -3.23. The van der Waals surface area contributed by atoms with Gasteiger partial charge in [-0.1, -0.05) is 4.86 Å². The van der Waals surface area contributed by atoms with Crippen LogP contribution in [0.1, 0.15) is 6.23 Å². The van der Waals surface area contributed by atoms with Crippen LogP contribution < -0.4 is 11.5 Å². The molecule has 3 heterocycles. The topological polar surface area (TPSA) is 262 Å². The lowest BCUT2D eigenvalue weighted by molar-refractivity contribution is -0.556. The second kappa shape index (κ2) is 9.34. The first-order valence-electron chi connectivity index (χ1n) is 8.04. The first-order valence-corrected chi connectivity index (χ1v) is 8.04. The molecule has 2 aromatic rings. The summed E-state index contributed by atoms with van der Waals surface area (Å²) in [6.07, 6.45) is -1.42. The highest BCUT2D eigenvalue weighted by Gasteiger charge is 2.43. The Hall–Kier alpha value is -3.18. The molecule has 2 aromatic heterocycles. The number of aromatic nitrogens is 4. The highest BCUT2D eigenvalue weighted by atomic mass is 16.6. The molecule has 0 aromatic carbocycles. The molecule has 16 heteroatoms. The van der Waals surface area contributed by atoms with Crippen molar-refractivity contribution in [3.05, 3.63) is 17.9 Å². The molecule has 0 amide bonds. The molecule has 5 atom stereocenters. The Balaban J connectivity index is 0.000000257. The molecule has 160 valence electrons. The molecule has 1 saturated heterocycles. The number of carbonyl (C=O) groups is 1. The fraction of sp³-hybridized carbons (Fsp3) is 0.538. The number of anilines is 1. The summed E-state index contributed by atoms with van der Waals surface area (Å²) >= 11 is 0. The molecule has 16 nitrogen and oxygen atoms in total. The maximum atomic E-state index is 10.1. The van der Waals surface area contributed by atoms with Gasteiger partial charge in [-0.15, -0.1) is 0 Å². The average molecular weight is 416 g/mol. The number of aliphatic carboxylic acids is 1. The lowest BCUT2D eigenvalue weighted by Gasteiger charge is -2.16. The summed E-state index contributed by atoms with van der Waals surface area (Å²) in [5.41, 5.74) is 11.3. The maximum Gasteiger partial charge on any atom is 0.327 e. The molecule has 0 radical (unpaired) electrons. The zero-order chi connectivity index (χ0) is 21.7. The average Bonchev–Trinajstić information content (AvgIpc) is 3.24. The van der Waals surface area contributed by atoms with Gasteiger partial charge in [-0.05, 0) is 0 Å². The number of imidazole rings is 1. The maximum absolute atomic E-state index is 10.1. The molecule has 0 spiro atoms. The van der Waals surface area contributed by atoms with Gasteiger partial charge in [-0.2, -0.15) is 0 Å². The third kappa shape index (κ3) is 4.81. The number of aliphatic hydroxyl groups is 3. The van der Waals surface area contributed by atoms with Gasteiger partial charge in [0.15, 0.2) is 29.0 Å². The Morgan fingerprint density at radius 3 is 2.62 bits per heavy atom. The van der Waals surface area contributed by atoms with Crippen molar-refractivity contribution in [1.29, 1.82) is 0 Å². The van der Waals surface area contributed by atoms with Gasteiger partial charge in [0.1, 0.15) is 30.2 Å². The Kier molecular flexibility index (Phi) is 7.13. The number of fused-ring (bicyclic) bond motifs is 1. The molecule has 0 aliphatic carbocycles.